The standard InChI is InChI=1S/C21H27ClN4O4S/c1-12-15(9-13(23)11-28-5)31-17-16(12)24-19(22)25-18(17)26(10-14-7-6-8-29-14)20(27)30-21(2,3)4/h6-8,13H,9-11,23H2,1-5H3/t13-/m1/s1. The molecule has 2 N–H and O–H groups in total. The van der Waals surface area contributed by atoms with E-state index in [0.717, 1.165) is 15.1 Å². The van der Waals surface area contributed by atoms with Gasteiger partial charge in [-0.3, -0.25) is 4.90 Å². The Hall–Kier alpha value is -2.20. The van der Waals surface area contributed by atoms with Crippen molar-refractivity contribution in [1.82, 2.24) is 9.97 Å². The van der Waals surface area contributed by atoms with Crippen LogP contribution in [0, 0.1) is 6.92 Å². The Kier molecular flexibility index (Phi) is 7.20. The summed E-state index contributed by atoms with van der Waals surface area (Å²) in [6, 6.07) is 3.39. The van der Waals surface area contributed by atoms with E-state index in [4.69, 9.17) is 31.2 Å². The lowest BCUT2D eigenvalue weighted by Crippen LogP contribution is -2.37. The maximum atomic E-state index is 13.1. The highest BCUT2D eigenvalue weighted by Crippen LogP contribution is 2.38. The molecule has 8 nitrogen and oxygen atoms in total. The SMILES string of the molecule is COC[C@H](N)Cc1sc2c(N(Cc3ccco3)C(=O)OC(C)(C)C)nc(Cl)nc2c1C. The van der Waals surface area contributed by atoms with Gasteiger partial charge in [0.25, 0.3) is 0 Å². The Morgan fingerprint density at radius 2 is 2.13 bits per heavy atom. The van der Waals surface area contributed by atoms with Crippen LogP contribution in [0.15, 0.2) is 22.8 Å². The molecular formula is C21H27ClN4O4S. The molecule has 1 atom stereocenters. The molecule has 0 radical (unpaired) electrons. The Balaban J connectivity index is 2.09. The van der Waals surface area contributed by atoms with Crippen molar-refractivity contribution in [2.75, 3.05) is 18.6 Å². The molecule has 0 aliphatic carbocycles. The van der Waals surface area contributed by atoms with E-state index in [0.29, 0.717) is 30.1 Å². The summed E-state index contributed by atoms with van der Waals surface area (Å²) in [6.45, 7) is 7.97. The van der Waals surface area contributed by atoms with Crippen LogP contribution in [0.3, 0.4) is 0 Å². The van der Waals surface area contributed by atoms with E-state index in [-0.39, 0.29) is 17.9 Å². The van der Waals surface area contributed by atoms with Gasteiger partial charge < -0.3 is 19.6 Å². The Bertz CT molecular complexity index is 1050. The molecule has 1 amide bonds. The fraction of sp³-hybridized carbons (Fsp3) is 0.476. The van der Waals surface area contributed by atoms with Crippen LogP contribution in [0.2, 0.25) is 5.28 Å². The van der Waals surface area contributed by atoms with Crippen molar-refractivity contribution >= 4 is 45.1 Å². The summed E-state index contributed by atoms with van der Waals surface area (Å²) < 4.78 is 17.0. The average molecular weight is 467 g/mol. The molecule has 0 bridgehead atoms. The number of aromatic nitrogens is 2. The second-order valence-corrected chi connectivity index (χ2v) is 9.65. The molecule has 10 heteroatoms. The molecule has 3 aromatic rings. The van der Waals surface area contributed by atoms with Crippen LogP contribution in [0.4, 0.5) is 10.6 Å². The van der Waals surface area contributed by atoms with Gasteiger partial charge in [0.1, 0.15) is 11.4 Å². The number of methoxy groups -OCH3 is 1. The largest absolute Gasteiger partial charge is 0.467 e. The molecule has 0 aliphatic rings. The van der Waals surface area contributed by atoms with Gasteiger partial charge in [-0.25, -0.2) is 9.78 Å². The number of carbonyl (C=O) groups is 1. The minimum atomic E-state index is -0.683. The van der Waals surface area contributed by atoms with E-state index in [1.54, 1.807) is 25.5 Å². The summed E-state index contributed by atoms with van der Waals surface area (Å²) in [7, 11) is 1.62. The van der Waals surface area contributed by atoms with Gasteiger partial charge in [-0.05, 0) is 63.4 Å². The number of furan rings is 1. The molecule has 168 valence electrons. The van der Waals surface area contributed by atoms with Crippen molar-refractivity contribution in [2.24, 2.45) is 5.73 Å². The third-order valence-corrected chi connectivity index (χ3v) is 5.88. The highest BCUT2D eigenvalue weighted by Gasteiger charge is 2.29. The number of hydrogen-bond donors (Lipinski definition) is 1. The highest BCUT2D eigenvalue weighted by atomic mass is 35.5. The molecule has 31 heavy (non-hydrogen) atoms. The number of halogens is 1. The number of ether oxygens (including phenoxy) is 2. The number of fused-ring (bicyclic) bond motifs is 1. The summed E-state index contributed by atoms with van der Waals surface area (Å²) in [5.74, 6) is 0.963. The lowest BCUT2D eigenvalue weighted by Gasteiger charge is -2.26. The normalized spacial score (nSPS) is 12.9. The Morgan fingerprint density at radius 1 is 1.39 bits per heavy atom. The first kappa shape index (κ1) is 23.5. The van der Waals surface area contributed by atoms with Crippen LogP contribution in [0.5, 0.6) is 0 Å². The van der Waals surface area contributed by atoms with E-state index in [2.05, 4.69) is 9.97 Å². The summed E-state index contributed by atoms with van der Waals surface area (Å²) in [5, 5.41) is 0.0455. The lowest BCUT2D eigenvalue weighted by molar-refractivity contribution is 0.0574. The van der Waals surface area contributed by atoms with E-state index in [1.807, 2.05) is 27.7 Å². The molecule has 0 saturated heterocycles. The summed E-state index contributed by atoms with van der Waals surface area (Å²) in [6.07, 6.45) is 1.61. The quantitative estimate of drug-likeness (QED) is 0.503. The van der Waals surface area contributed by atoms with E-state index in [9.17, 15) is 4.79 Å². The van der Waals surface area contributed by atoms with Gasteiger partial charge in [0.2, 0.25) is 5.28 Å². The number of thiophene rings is 1. The summed E-state index contributed by atoms with van der Waals surface area (Å²) in [4.78, 5) is 24.4. The van der Waals surface area contributed by atoms with E-state index in [1.165, 1.54) is 16.2 Å². The molecule has 0 aromatic carbocycles. The van der Waals surface area contributed by atoms with Gasteiger partial charge in [0.05, 0.1) is 29.6 Å². The number of aryl methyl sites for hydroxylation is 1. The van der Waals surface area contributed by atoms with Crippen molar-refractivity contribution in [3.8, 4) is 0 Å². The number of amides is 1. The minimum absolute atomic E-state index is 0.0455. The average Bonchev–Trinajstić information content (AvgIpc) is 3.27. The zero-order valence-corrected chi connectivity index (χ0v) is 19.8. The van der Waals surface area contributed by atoms with Crippen molar-refractivity contribution in [3.05, 3.63) is 39.9 Å². The third kappa shape index (κ3) is 5.74. The number of hydrogen-bond acceptors (Lipinski definition) is 8. The second kappa shape index (κ2) is 9.52. The number of nitrogens with zero attached hydrogens (tertiary/aromatic N) is 3. The zero-order chi connectivity index (χ0) is 22.8. The van der Waals surface area contributed by atoms with Crippen LogP contribution in [-0.4, -0.2) is 41.4 Å². The fourth-order valence-corrected chi connectivity index (χ4v) is 4.58. The van der Waals surface area contributed by atoms with Crippen LogP contribution in [0.1, 0.15) is 37.0 Å². The number of anilines is 1. The van der Waals surface area contributed by atoms with E-state index < -0.39 is 11.7 Å². The Morgan fingerprint density at radius 3 is 2.74 bits per heavy atom. The molecule has 0 aliphatic heterocycles. The third-order valence-electron chi connectivity index (χ3n) is 4.41. The van der Waals surface area contributed by atoms with Gasteiger partial charge in [0.15, 0.2) is 5.82 Å². The first-order chi connectivity index (χ1) is 14.6. The number of carbonyl (C=O) groups excluding carboxylic acids is 1. The van der Waals surface area contributed by atoms with Gasteiger partial charge in [-0.1, -0.05) is 0 Å². The predicted octanol–water partition coefficient (Wildman–Crippen LogP) is 4.70. The molecular weight excluding hydrogens is 440 g/mol. The van der Waals surface area contributed by atoms with Crippen LogP contribution >= 0.6 is 22.9 Å². The fourth-order valence-electron chi connectivity index (χ4n) is 3.08. The first-order valence-corrected chi connectivity index (χ1v) is 11.0. The molecule has 0 unspecified atom stereocenters. The number of rotatable bonds is 7. The van der Waals surface area contributed by atoms with Crippen molar-refractivity contribution in [3.63, 3.8) is 0 Å². The summed E-state index contributed by atoms with van der Waals surface area (Å²) >= 11 is 7.75. The van der Waals surface area contributed by atoms with Crippen LogP contribution in [-0.2, 0) is 22.4 Å². The monoisotopic (exact) mass is 466 g/mol. The Labute approximate surface area is 190 Å². The first-order valence-electron chi connectivity index (χ1n) is 9.82. The maximum absolute atomic E-state index is 13.1. The van der Waals surface area contributed by atoms with Crippen LogP contribution in [0.25, 0.3) is 10.2 Å². The molecule has 0 fully saturated rings. The van der Waals surface area contributed by atoms with Crippen molar-refractivity contribution in [2.45, 2.75) is 52.3 Å². The lowest BCUT2D eigenvalue weighted by atomic mass is 10.1. The molecule has 3 aromatic heterocycles. The van der Waals surface area contributed by atoms with Gasteiger partial charge in [-0.2, -0.15) is 4.98 Å². The minimum Gasteiger partial charge on any atom is -0.467 e. The zero-order valence-electron chi connectivity index (χ0n) is 18.3. The smallest absolute Gasteiger partial charge is 0.416 e. The van der Waals surface area contributed by atoms with Crippen molar-refractivity contribution in [1.29, 1.82) is 0 Å². The maximum Gasteiger partial charge on any atom is 0.416 e. The van der Waals surface area contributed by atoms with Gasteiger partial charge in [-0.15, -0.1) is 11.3 Å². The summed E-state index contributed by atoms with van der Waals surface area (Å²) in [5.41, 5.74) is 7.13. The van der Waals surface area contributed by atoms with Gasteiger partial charge >= 0.3 is 6.09 Å². The molecule has 0 spiro atoms. The van der Waals surface area contributed by atoms with E-state index >= 15 is 0 Å². The number of nitrogens with two attached hydrogens (primary N) is 1. The van der Waals surface area contributed by atoms with Gasteiger partial charge in [0, 0.05) is 18.0 Å². The topological polar surface area (TPSA) is 104 Å². The van der Waals surface area contributed by atoms with Crippen molar-refractivity contribution < 1.29 is 18.7 Å². The highest BCUT2D eigenvalue weighted by molar-refractivity contribution is 7.19. The molecule has 3 rings (SSSR count). The molecule has 3 heterocycles. The predicted molar refractivity (Wildman–Crippen MR) is 122 cm³/mol. The molecule has 0 saturated carbocycles. The van der Waals surface area contributed by atoms with Crippen LogP contribution < -0.4 is 10.6 Å². The second-order valence-electron chi connectivity index (χ2n) is 8.21.